The van der Waals surface area contributed by atoms with Gasteiger partial charge in [0.05, 0.1) is 28.3 Å². The topological polar surface area (TPSA) is 78.5 Å². The Morgan fingerprint density at radius 1 is 0.719 bits per heavy atom. The Kier molecular flexibility index (Phi) is 24.0. The van der Waals surface area contributed by atoms with Gasteiger partial charge in [-0.1, -0.05) is 110 Å². The van der Waals surface area contributed by atoms with Crippen molar-refractivity contribution in [2.75, 3.05) is 34.8 Å². The van der Waals surface area contributed by atoms with E-state index in [1.165, 1.54) is 116 Å². The maximum atomic E-state index is 9.22. The van der Waals surface area contributed by atoms with E-state index < -0.39 is 10.4 Å². The fraction of sp³-hybridized carbons (Fsp3) is 1.00. The van der Waals surface area contributed by atoms with Gasteiger partial charge in [0.15, 0.2) is 0 Å². The Hall–Kier alpha value is -0.210. The molecule has 0 aromatic heterocycles. The molecule has 1 N–H and O–H groups in total. The second kappa shape index (κ2) is 22.6. The molecule has 0 heterocycles. The molecule has 0 saturated carbocycles. The minimum absolute atomic E-state index is 0.603. The minimum atomic E-state index is -4.41. The van der Waals surface area contributed by atoms with Crippen molar-refractivity contribution in [1.82, 2.24) is 5.32 Å². The molecule has 0 radical (unpaired) electrons. The summed E-state index contributed by atoms with van der Waals surface area (Å²) in [7, 11) is 3.26. The summed E-state index contributed by atoms with van der Waals surface area (Å²) in [6, 6.07) is 0. The largest absolute Gasteiger partial charge is 0.726 e. The van der Waals surface area contributed by atoms with E-state index in [4.69, 9.17) is 0 Å². The van der Waals surface area contributed by atoms with E-state index >= 15 is 0 Å². The average molecular weight is 481 g/mol. The quantitative estimate of drug-likeness (QED) is 0.0678. The highest BCUT2D eigenvalue weighted by Crippen LogP contribution is 2.13. The van der Waals surface area contributed by atoms with Crippen molar-refractivity contribution in [3.05, 3.63) is 0 Å². The number of rotatable bonds is 21. The molecular weight excluding hydrogens is 424 g/mol. The number of nitrogens with zero attached hydrogens (tertiary/aromatic N) is 1. The smallest absolute Gasteiger partial charge is 0.217 e. The lowest BCUT2D eigenvalue weighted by atomic mass is 10.0. The van der Waals surface area contributed by atoms with E-state index in [0.29, 0.717) is 6.17 Å². The van der Waals surface area contributed by atoms with E-state index in [1.54, 1.807) is 0 Å². The Morgan fingerprint density at radius 2 is 1.03 bits per heavy atom. The molecule has 196 valence electrons. The third-order valence-electron chi connectivity index (χ3n) is 5.94. The molecule has 0 aromatic carbocycles. The molecule has 32 heavy (non-hydrogen) atoms. The van der Waals surface area contributed by atoms with Gasteiger partial charge in [0.2, 0.25) is 10.4 Å². The molecular formula is C25H56N2O4S. The number of unbranched alkanes of at least 4 members (excludes halogenated alkanes) is 15. The zero-order valence-electron chi connectivity index (χ0n) is 22.3. The van der Waals surface area contributed by atoms with Crippen LogP contribution >= 0.6 is 0 Å². The lowest BCUT2D eigenvalue weighted by Gasteiger charge is -2.34. The standard InChI is InChI=1S/C24H53N2.CH4O4S/c1-6-8-9-10-11-12-13-14-15-16-17-18-19-20-21-22-23-25-24(7-2)26(3,4)5;1-5-6(2,3)4/h24-25H,6-23H2,1-5H3;1H3,(H,2,3,4)/q+1;/p-1. The molecule has 0 fully saturated rings. The van der Waals surface area contributed by atoms with Crippen molar-refractivity contribution < 1.29 is 21.6 Å². The van der Waals surface area contributed by atoms with E-state index in [-0.39, 0.29) is 0 Å². The van der Waals surface area contributed by atoms with Gasteiger partial charge in [0, 0.05) is 13.0 Å². The second-order valence-corrected chi connectivity index (χ2v) is 11.0. The third-order valence-corrected chi connectivity index (χ3v) is 6.34. The molecule has 0 aromatic rings. The van der Waals surface area contributed by atoms with Crippen LogP contribution in [0.5, 0.6) is 0 Å². The van der Waals surface area contributed by atoms with Crippen LogP contribution in [-0.4, -0.2) is 58.4 Å². The van der Waals surface area contributed by atoms with Crippen LogP contribution in [0.1, 0.15) is 123 Å². The highest BCUT2D eigenvalue weighted by molar-refractivity contribution is 7.80. The van der Waals surface area contributed by atoms with Crippen molar-refractivity contribution in [2.24, 2.45) is 0 Å². The van der Waals surface area contributed by atoms with Gasteiger partial charge in [-0.3, -0.25) is 9.50 Å². The van der Waals surface area contributed by atoms with Gasteiger partial charge in [-0.2, -0.15) is 0 Å². The van der Waals surface area contributed by atoms with E-state index in [2.05, 4.69) is 44.5 Å². The fourth-order valence-electron chi connectivity index (χ4n) is 3.91. The first kappa shape index (κ1) is 34.0. The Balaban J connectivity index is 0. The lowest BCUT2D eigenvalue weighted by Crippen LogP contribution is -2.53. The summed E-state index contributed by atoms with van der Waals surface area (Å²) in [4.78, 5) is 0. The summed E-state index contributed by atoms with van der Waals surface area (Å²) >= 11 is 0. The maximum Gasteiger partial charge on any atom is 0.217 e. The van der Waals surface area contributed by atoms with Crippen LogP contribution in [0.3, 0.4) is 0 Å². The Morgan fingerprint density at radius 3 is 1.28 bits per heavy atom. The third kappa shape index (κ3) is 27.8. The van der Waals surface area contributed by atoms with Crippen LogP contribution in [0.25, 0.3) is 0 Å². The first-order valence-electron chi connectivity index (χ1n) is 13.1. The SMILES string of the molecule is CCCCCCCCCCCCCCCCCCNC(CC)[N+](C)(C)C.COS(=O)(=O)[O-]. The van der Waals surface area contributed by atoms with Crippen molar-refractivity contribution in [2.45, 2.75) is 129 Å². The number of quaternary nitrogens is 1. The fourth-order valence-corrected chi connectivity index (χ4v) is 3.91. The summed E-state index contributed by atoms with van der Waals surface area (Å²) < 4.78 is 32.0. The van der Waals surface area contributed by atoms with E-state index in [9.17, 15) is 13.0 Å². The molecule has 0 amide bonds. The Bertz CT molecular complexity index is 479. The first-order chi connectivity index (χ1) is 15.1. The van der Waals surface area contributed by atoms with Crippen LogP contribution in [0.2, 0.25) is 0 Å². The second-order valence-electron chi connectivity index (χ2n) is 9.87. The van der Waals surface area contributed by atoms with Gasteiger partial charge in [-0.25, -0.2) is 8.42 Å². The van der Waals surface area contributed by atoms with Gasteiger partial charge in [0.25, 0.3) is 0 Å². The normalized spacial score (nSPS) is 13.0. The highest BCUT2D eigenvalue weighted by Gasteiger charge is 2.19. The number of hydrogen-bond acceptors (Lipinski definition) is 5. The molecule has 1 atom stereocenters. The highest BCUT2D eigenvalue weighted by atomic mass is 32.3. The van der Waals surface area contributed by atoms with Crippen molar-refractivity contribution in [3.8, 4) is 0 Å². The predicted octanol–water partition coefficient (Wildman–Crippen LogP) is 6.37. The van der Waals surface area contributed by atoms with Gasteiger partial charge < -0.3 is 9.04 Å². The average Bonchev–Trinajstić information content (AvgIpc) is 2.72. The summed E-state index contributed by atoms with van der Waals surface area (Å²) in [5, 5.41) is 3.73. The van der Waals surface area contributed by atoms with Crippen molar-refractivity contribution in [3.63, 3.8) is 0 Å². The molecule has 0 aliphatic rings. The predicted molar refractivity (Wildman–Crippen MR) is 136 cm³/mol. The molecule has 0 rings (SSSR count). The Labute approximate surface area is 201 Å². The van der Waals surface area contributed by atoms with Gasteiger partial charge in [0.1, 0.15) is 6.17 Å². The molecule has 6 nitrogen and oxygen atoms in total. The van der Waals surface area contributed by atoms with Crippen LogP contribution in [0.4, 0.5) is 0 Å². The minimum Gasteiger partial charge on any atom is -0.726 e. The van der Waals surface area contributed by atoms with Crippen LogP contribution in [-0.2, 0) is 14.6 Å². The first-order valence-corrected chi connectivity index (χ1v) is 14.5. The van der Waals surface area contributed by atoms with Crippen LogP contribution in [0, 0.1) is 0 Å². The zero-order valence-corrected chi connectivity index (χ0v) is 23.1. The van der Waals surface area contributed by atoms with Gasteiger partial charge in [-0.15, -0.1) is 0 Å². The summed E-state index contributed by atoms with van der Waals surface area (Å²) in [6.07, 6.45) is 24.9. The molecule has 0 spiro atoms. The van der Waals surface area contributed by atoms with E-state index in [1.807, 2.05) is 0 Å². The molecule has 0 bridgehead atoms. The monoisotopic (exact) mass is 480 g/mol. The summed E-state index contributed by atoms with van der Waals surface area (Å²) in [5.74, 6) is 0. The molecule has 0 saturated heterocycles. The number of nitrogens with one attached hydrogen (secondary N) is 1. The van der Waals surface area contributed by atoms with Crippen molar-refractivity contribution >= 4 is 10.4 Å². The van der Waals surface area contributed by atoms with Gasteiger partial charge in [-0.05, 0) is 6.42 Å². The molecule has 7 heteroatoms. The zero-order chi connectivity index (χ0) is 24.7. The lowest BCUT2D eigenvalue weighted by molar-refractivity contribution is -0.899. The van der Waals surface area contributed by atoms with E-state index in [0.717, 1.165) is 11.6 Å². The van der Waals surface area contributed by atoms with Crippen LogP contribution in [0.15, 0.2) is 0 Å². The summed E-state index contributed by atoms with van der Waals surface area (Å²) in [6.45, 7) is 5.77. The van der Waals surface area contributed by atoms with Crippen LogP contribution < -0.4 is 5.32 Å². The molecule has 0 aliphatic carbocycles. The van der Waals surface area contributed by atoms with Gasteiger partial charge >= 0.3 is 0 Å². The summed E-state index contributed by atoms with van der Waals surface area (Å²) in [5.41, 5.74) is 0. The number of hydrogen-bond donors (Lipinski definition) is 1. The molecule has 0 aliphatic heterocycles. The van der Waals surface area contributed by atoms with Crippen molar-refractivity contribution in [1.29, 1.82) is 0 Å². The molecule has 1 unspecified atom stereocenters. The maximum absolute atomic E-state index is 9.22.